The lowest BCUT2D eigenvalue weighted by Gasteiger charge is -2.10. The molecule has 2 N–H and O–H groups in total. The van der Waals surface area contributed by atoms with Crippen LogP contribution in [0.5, 0.6) is 0 Å². The number of unbranched alkanes of at least 4 members (excludes halogenated alkanes) is 1. The van der Waals surface area contributed by atoms with Crippen LogP contribution in [0.2, 0.25) is 0 Å². The smallest absolute Gasteiger partial charge is 0.00389 e. The molecule has 1 nitrogen and oxygen atoms in total. The molecule has 1 atom stereocenters. The van der Waals surface area contributed by atoms with Crippen LogP contribution in [-0.4, -0.2) is 6.04 Å². The van der Waals surface area contributed by atoms with E-state index in [0.717, 1.165) is 6.42 Å². The quantitative estimate of drug-likeness (QED) is 0.724. The predicted molar refractivity (Wildman–Crippen MR) is 66.9 cm³/mol. The summed E-state index contributed by atoms with van der Waals surface area (Å²) in [6.07, 6.45) is 7.26. The van der Waals surface area contributed by atoms with Gasteiger partial charge in [0.25, 0.3) is 0 Å². The van der Waals surface area contributed by atoms with E-state index in [2.05, 4.69) is 37.3 Å². The van der Waals surface area contributed by atoms with Gasteiger partial charge in [0.1, 0.15) is 0 Å². The van der Waals surface area contributed by atoms with Gasteiger partial charge in [-0.25, -0.2) is 0 Å². The lowest BCUT2D eigenvalue weighted by molar-refractivity contribution is 0.523. The van der Waals surface area contributed by atoms with E-state index >= 15 is 0 Å². The van der Waals surface area contributed by atoms with Crippen molar-refractivity contribution in [1.82, 2.24) is 0 Å². The van der Waals surface area contributed by atoms with E-state index in [1.54, 1.807) is 0 Å². The van der Waals surface area contributed by atoms with Gasteiger partial charge in [0.2, 0.25) is 0 Å². The molecular weight excluding hydrogens is 182 g/mol. The van der Waals surface area contributed by atoms with Gasteiger partial charge < -0.3 is 5.73 Å². The fraction of sp³-hybridized carbons (Fsp3) is 0.571. The molecule has 0 radical (unpaired) electrons. The standard InChI is InChI=1S/C14H23N/c1-2-3-11-14(15)12-7-10-13-8-5-4-6-9-13/h4-6,8-9,14H,2-3,7,10-12,15H2,1H3. The van der Waals surface area contributed by atoms with Crippen LogP contribution in [-0.2, 0) is 6.42 Å². The Morgan fingerprint density at radius 2 is 1.73 bits per heavy atom. The zero-order valence-electron chi connectivity index (χ0n) is 9.78. The third kappa shape index (κ3) is 5.58. The first-order chi connectivity index (χ1) is 7.33. The second-order valence-electron chi connectivity index (χ2n) is 4.28. The van der Waals surface area contributed by atoms with Gasteiger partial charge >= 0.3 is 0 Å². The summed E-state index contributed by atoms with van der Waals surface area (Å²) in [4.78, 5) is 0. The molecule has 0 saturated heterocycles. The molecular formula is C14H23N. The largest absolute Gasteiger partial charge is 0.328 e. The van der Waals surface area contributed by atoms with Crippen molar-refractivity contribution in [2.24, 2.45) is 5.73 Å². The summed E-state index contributed by atoms with van der Waals surface area (Å²) in [6, 6.07) is 11.1. The van der Waals surface area contributed by atoms with Crippen molar-refractivity contribution in [2.75, 3.05) is 0 Å². The SMILES string of the molecule is CCCCC(N)CCCc1ccccc1. The molecule has 0 aliphatic rings. The highest BCUT2D eigenvalue weighted by molar-refractivity contribution is 5.14. The normalized spacial score (nSPS) is 12.7. The Morgan fingerprint density at radius 3 is 2.40 bits per heavy atom. The van der Waals surface area contributed by atoms with Gasteiger partial charge in [-0.05, 0) is 31.2 Å². The zero-order valence-corrected chi connectivity index (χ0v) is 9.78. The zero-order chi connectivity index (χ0) is 10.9. The number of benzene rings is 1. The maximum atomic E-state index is 6.02. The molecule has 0 amide bonds. The number of rotatable bonds is 7. The maximum Gasteiger partial charge on any atom is 0.00389 e. The second-order valence-corrected chi connectivity index (χ2v) is 4.28. The van der Waals surface area contributed by atoms with Gasteiger partial charge in [0, 0.05) is 6.04 Å². The number of aryl methyl sites for hydroxylation is 1. The minimum atomic E-state index is 0.411. The van der Waals surface area contributed by atoms with Crippen molar-refractivity contribution in [3.05, 3.63) is 35.9 Å². The van der Waals surface area contributed by atoms with Gasteiger partial charge in [-0.15, -0.1) is 0 Å². The summed E-state index contributed by atoms with van der Waals surface area (Å²) in [5.41, 5.74) is 7.45. The Bertz CT molecular complexity index is 243. The van der Waals surface area contributed by atoms with Crippen LogP contribution in [0, 0.1) is 0 Å². The van der Waals surface area contributed by atoms with Crippen molar-refractivity contribution < 1.29 is 0 Å². The highest BCUT2D eigenvalue weighted by Gasteiger charge is 2.01. The van der Waals surface area contributed by atoms with Crippen LogP contribution < -0.4 is 5.73 Å². The van der Waals surface area contributed by atoms with Gasteiger partial charge in [-0.3, -0.25) is 0 Å². The summed E-state index contributed by atoms with van der Waals surface area (Å²) in [5.74, 6) is 0. The second kappa shape index (κ2) is 7.47. The molecule has 1 aromatic carbocycles. The molecule has 1 aromatic rings. The molecule has 0 heterocycles. The maximum absolute atomic E-state index is 6.02. The van der Waals surface area contributed by atoms with Gasteiger partial charge in [-0.2, -0.15) is 0 Å². The topological polar surface area (TPSA) is 26.0 Å². The van der Waals surface area contributed by atoms with Crippen LogP contribution in [0.3, 0.4) is 0 Å². The van der Waals surface area contributed by atoms with Crippen LogP contribution in [0.15, 0.2) is 30.3 Å². The fourth-order valence-corrected chi connectivity index (χ4v) is 1.82. The summed E-state index contributed by atoms with van der Waals surface area (Å²) in [7, 11) is 0. The lowest BCUT2D eigenvalue weighted by Crippen LogP contribution is -2.19. The Balaban J connectivity index is 2.11. The molecule has 0 spiro atoms. The third-order valence-corrected chi connectivity index (χ3v) is 2.81. The first-order valence-corrected chi connectivity index (χ1v) is 6.12. The van der Waals surface area contributed by atoms with Crippen molar-refractivity contribution in [2.45, 2.75) is 51.5 Å². The number of hydrogen-bond acceptors (Lipinski definition) is 1. The molecule has 84 valence electrons. The molecule has 0 bridgehead atoms. The average molecular weight is 205 g/mol. The predicted octanol–water partition coefficient (Wildman–Crippen LogP) is 3.53. The van der Waals surface area contributed by atoms with Crippen LogP contribution >= 0.6 is 0 Å². The summed E-state index contributed by atoms with van der Waals surface area (Å²) in [5, 5.41) is 0. The van der Waals surface area contributed by atoms with Crippen LogP contribution in [0.4, 0.5) is 0 Å². The van der Waals surface area contributed by atoms with E-state index < -0.39 is 0 Å². The highest BCUT2D eigenvalue weighted by Crippen LogP contribution is 2.08. The van der Waals surface area contributed by atoms with E-state index in [1.807, 2.05) is 0 Å². The molecule has 15 heavy (non-hydrogen) atoms. The summed E-state index contributed by atoms with van der Waals surface area (Å²) < 4.78 is 0. The average Bonchev–Trinajstić information content (AvgIpc) is 2.28. The fourth-order valence-electron chi connectivity index (χ4n) is 1.82. The summed E-state index contributed by atoms with van der Waals surface area (Å²) in [6.45, 7) is 2.22. The van der Waals surface area contributed by atoms with Gasteiger partial charge in [-0.1, -0.05) is 50.1 Å². The van der Waals surface area contributed by atoms with Crippen LogP contribution in [0.25, 0.3) is 0 Å². The van der Waals surface area contributed by atoms with E-state index in [4.69, 9.17) is 5.73 Å². The highest BCUT2D eigenvalue weighted by atomic mass is 14.6. The number of nitrogens with two attached hydrogens (primary N) is 1. The Morgan fingerprint density at radius 1 is 1.07 bits per heavy atom. The molecule has 0 aliphatic carbocycles. The van der Waals surface area contributed by atoms with Gasteiger partial charge in [0.05, 0.1) is 0 Å². The number of hydrogen-bond donors (Lipinski definition) is 1. The monoisotopic (exact) mass is 205 g/mol. The Kier molecular flexibility index (Phi) is 6.10. The molecule has 0 aliphatic heterocycles. The van der Waals surface area contributed by atoms with E-state index in [-0.39, 0.29) is 0 Å². The first kappa shape index (κ1) is 12.3. The van der Waals surface area contributed by atoms with E-state index in [0.29, 0.717) is 6.04 Å². The lowest BCUT2D eigenvalue weighted by atomic mass is 10.0. The molecule has 0 aromatic heterocycles. The Labute approximate surface area is 93.7 Å². The van der Waals surface area contributed by atoms with Crippen molar-refractivity contribution in [3.8, 4) is 0 Å². The van der Waals surface area contributed by atoms with Crippen LogP contribution in [0.1, 0.15) is 44.6 Å². The minimum absolute atomic E-state index is 0.411. The molecule has 0 saturated carbocycles. The Hall–Kier alpha value is -0.820. The van der Waals surface area contributed by atoms with Crippen molar-refractivity contribution >= 4 is 0 Å². The van der Waals surface area contributed by atoms with E-state index in [1.165, 1.54) is 37.7 Å². The molecule has 1 rings (SSSR count). The van der Waals surface area contributed by atoms with Crippen molar-refractivity contribution in [3.63, 3.8) is 0 Å². The molecule has 1 heteroatoms. The van der Waals surface area contributed by atoms with Gasteiger partial charge in [0.15, 0.2) is 0 Å². The molecule has 0 fully saturated rings. The van der Waals surface area contributed by atoms with E-state index in [9.17, 15) is 0 Å². The third-order valence-electron chi connectivity index (χ3n) is 2.81. The minimum Gasteiger partial charge on any atom is -0.328 e. The van der Waals surface area contributed by atoms with Crippen molar-refractivity contribution in [1.29, 1.82) is 0 Å². The molecule has 1 unspecified atom stereocenters. The first-order valence-electron chi connectivity index (χ1n) is 6.12. The summed E-state index contributed by atoms with van der Waals surface area (Å²) >= 11 is 0.